The molecule has 0 spiro atoms. The summed E-state index contributed by atoms with van der Waals surface area (Å²) in [4.78, 5) is 28.9. The highest BCUT2D eigenvalue weighted by Gasteiger charge is 2.49. The molecule has 1 aromatic carbocycles. The number of nitrogens with one attached hydrogen (secondary N) is 1. The summed E-state index contributed by atoms with van der Waals surface area (Å²) in [7, 11) is 0. The van der Waals surface area contributed by atoms with Crippen molar-refractivity contribution in [1.29, 1.82) is 5.26 Å². The first-order valence-corrected chi connectivity index (χ1v) is 10.5. The molecule has 0 radical (unpaired) electrons. The Balaban J connectivity index is 1.42. The number of aryl methyl sites for hydroxylation is 1. The Morgan fingerprint density at radius 2 is 1.97 bits per heavy atom. The van der Waals surface area contributed by atoms with Gasteiger partial charge in [-0.25, -0.2) is 15.0 Å². The van der Waals surface area contributed by atoms with E-state index in [9.17, 15) is 4.79 Å². The molecule has 154 valence electrons. The Morgan fingerprint density at radius 3 is 2.71 bits per heavy atom. The van der Waals surface area contributed by atoms with Gasteiger partial charge in [0.15, 0.2) is 5.82 Å². The van der Waals surface area contributed by atoms with Crippen molar-refractivity contribution < 1.29 is 4.79 Å². The summed E-state index contributed by atoms with van der Waals surface area (Å²) in [6, 6.07) is 13.7. The van der Waals surface area contributed by atoms with Crippen LogP contribution in [-0.4, -0.2) is 43.9 Å². The fourth-order valence-corrected chi connectivity index (χ4v) is 4.91. The highest BCUT2D eigenvalue weighted by atomic mass is 16.2. The fourth-order valence-electron chi connectivity index (χ4n) is 4.91. The van der Waals surface area contributed by atoms with Crippen LogP contribution in [0, 0.1) is 18.3 Å². The molecule has 31 heavy (non-hydrogen) atoms. The van der Waals surface area contributed by atoms with Gasteiger partial charge in [-0.15, -0.1) is 0 Å². The highest BCUT2D eigenvalue weighted by Crippen LogP contribution is 2.41. The predicted molar refractivity (Wildman–Crippen MR) is 116 cm³/mol. The van der Waals surface area contributed by atoms with E-state index >= 15 is 0 Å². The maximum atomic E-state index is 13.7. The summed E-state index contributed by atoms with van der Waals surface area (Å²) in [5, 5.41) is 12.4. The quantitative estimate of drug-likeness (QED) is 0.706. The Labute approximate surface area is 180 Å². The molecule has 0 aliphatic carbocycles. The minimum atomic E-state index is 0.0377. The van der Waals surface area contributed by atoms with Gasteiger partial charge in [-0.3, -0.25) is 4.79 Å². The van der Waals surface area contributed by atoms with Gasteiger partial charge >= 0.3 is 0 Å². The third-order valence-corrected chi connectivity index (χ3v) is 6.29. The minimum Gasteiger partial charge on any atom is -0.365 e. The second kappa shape index (κ2) is 7.80. The average molecular weight is 410 g/mol. The molecular weight excluding hydrogens is 388 g/mol. The van der Waals surface area contributed by atoms with Crippen molar-refractivity contribution in [1.82, 2.24) is 19.9 Å². The number of pyridine rings is 1. The average Bonchev–Trinajstić information content (AvgIpc) is 3.37. The van der Waals surface area contributed by atoms with Crippen molar-refractivity contribution in [2.45, 2.75) is 44.3 Å². The van der Waals surface area contributed by atoms with Crippen molar-refractivity contribution in [2.75, 3.05) is 5.32 Å². The van der Waals surface area contributed by atoms with E-state index in [0.29, 0.717) is 17.0 Å². The topological polar surface area (TPSA) is 94.8 Å². The Kier molecular flexibility index (Phi) is 4.83. The van der Waals surface area contributed by atoms with Gasteiger partial charge in [-0.1, -0.05) is 12.1 Å². The number of aromatic nitrogens is 3. The lowest BCUT2D eigenvalue weighted by Gasteiger charge is -2.26. The van der Waals surface area contributed by atoms with Gasteiger partial charge in [0.2, 0.25) is 0 Å². The van der Waals surface area contributed by atoms with E-state index in [1.54, 1.807) is 30.7 Å². The molecule has 2 fully saturated rings. The van der Waals surface area contributed by atoms with Crippen LogP contribution in [0.2, 0.25) is 0 Å². The molecule has 2 saturated heterocycles. The number of nitriles is 1. The van der Waals surface area contributed by atoms with Crippen molar-refractivity contribution >= 4 is 11.7 Å². The number of carbonyl (C=O) groups is 1. The number of fused-ring (bicyclic) bond motifs is 2. The van der Waals surface area contributed by atoms with Gasteiger partial charge < -0.3 is 10.2 Å². The monoisotopic (exact) mass is 410 g/mol. The lowest BCUT2D eigenvalue weighted by atomic mass is 9.95. The van der Waals surface area contributed by atoms with Crippen LogP contribution in [-0.2, 0) is 0 Å². The zero-order chi connectivity index (χ0) is 21.4. The standard InChI is InChI=1S/C24H22N6O/c1-15-4-2-5-18(22(15)23-26-10-3-11-27-23)24(31)30-17-7-8-20(30)19(12-17)29-21-9-6-16(13-25)14-28-21/h2-6,9-11,14,17,19-20H,7-8,12H2,1H3,(H,28,29). The van der Waals surface area contributed by atoms with Gasteiger partial charge in [-0.2, -0.15) is 5.26 Å². The molecule has 3 atom stereocenters. The van der Waals surface area contributed by atoms with Gasteiger partial charge in [0, 0.05) is 36.2 Å². The van der Waals surface area contributed by atoms with E-state index in [0.717, 1.165) is 36.2 Å². The molecule has 1 N–H and O–H groups in total. The number of hydrogen-bond acceptors (Lipinski definition) is 6. The van der Waals surface area contributed by atoms with Gasteiger partial charge in [0.1, 0.15) is 11.9 Å². The number of carbonyl (C=O) groups excluding carboxylic acids is 1. The smallest absolute Gasteiger partial charge is 0.255 e. The van der Waals surface area contributed by atoms with Crippen LogP contribution < -0.4 is 5.32 Å². The van der Waals surface area contributed by atoms with Crippen LogP contribution in [0.25, 0.3) is 11.4 Å². The Bertz CT molecular complexity index is 1150. The van der Waals surface area contributed by atoms with Crippen molar-refractivity contribution in [3.63, 3.8) is 0 Å². The molecule has 2 aliphatic rings. The van der Waals surface area contributed by atoms with E-state index < -0.39 is 0 Å². The molecule has 2 bridgehead atoms. The second-order valence-corrected chi connectivity index (χ2v) is 8.11. The van der Waals surface area contributed by atoms with Crippen molar-refractivity contribution in [2.24, 2.45) is 0 Å². The molecule has 7 nitrogen and oxygen atoms in total. The van der Waals surface area contributed by atoms with Crippen LogP contribution in [0.1, 0.15) is 40.7 Å². The molecule has 2 aromatic heterocycles. The summed E-state index contributed by atoms with van der Waals surface area (Å²) >= 11 is 0. The molecule has 2 aliphatic heterocycles. The summed E-state index contributed by atoms with van der Waals surface area (Å²) < 4.78 is 0. The van der Waals surface area contributed by atoms with Gasteiger partial charge in [-0.05, 0) is 56.0 Å². The molecule has 3 aromatic rings. The maximum absolute atomic E-state index is 13.7. The molecule has 0 saturated carbocycles. The van der Waals surface area contributed by atoms with Crippen LogP contribution in [0.15, 0.2) is 55.0 Å². The summed E-state index contributed by atoms with van der Waals surface area (Å²) in [6.45, 7) is 1.99. The Hall–Kier alpha value is -3.79. The van der Waals surface area contributed by atoms with Crippen LogP contribution in [0.5, 0.6) is 0 Å². The van der Waals surface area contributed by atoms with E-state index in [4.69, 9.17) is 5.26 Å². The molecule has 7 heteroatoms. The largest absolute Gasteiger partial charge is 0.365 e. The number of anilines is 1. The molecule has 4 heterocycles. The van der Waals surface area contributed by atoms with Gasteiger partial charge in [0.05, 0.1) is 17.2 Å². The second-order valence-electron chi connectivity index (χ2n) is 8.11. The first-order chi connectivity index (χ1) is 15.2. The SMILES string of the molecule is Cc1cccc(C(=O)N2C3CCC2C(Nc2ccc(C#N)cn2)C3)c1-c1ncccn1. The molecule has 5 rings (SSSR count). The number of hydrogen-bond donors (Lipinski definition) is 1. The van der Waals surface area contributed by atoms with E-state index in [1.807, 2.05) is 36.1 Å². The molecular formula is C24H22N6O. The summed E-state index contributed by atoms with van der Waals surface area (Å²) in [5.41, 5.74) is 2.98. The van der Waals surface area contributed by atoms with Crippen LogP contribution >= 0.6 is 0 Å². The first-order valence-electron chi connectivity index (χ1n) is 10.5. The number of amides is 1. The normalized spacial score (nSPS) is 21.7. The zero-order valence-corrected chi connectivity index (χ0v) is 17.2. The third kappa shape index (κ3) is 3.40. The zero-order valence-electron chi connectivity index (χ0n) is 17.2. The van der Waals surface area contributed by atoms with Crippen LogP contribution in [0.4, 0.5) is 5.82 Å². The third-order valence-electron chi connectivity index (χ3n) is 6.29. The number of rotatable bonds is 4. The van der Waals surface area contributed by atoms with E-state index in [2.05, 4.69) is 26.3 Å². The Morgan fingerprint density at radius 1 is 1.13 bits per heavy atom. The molecule has 3 unspecified atom stereocenters. The van der Waals surface area contributed by atoms with Gasteiger partial charge in [0.25, 0.3) is 5.91 Å². The lowest BCUT2D eigenvalue weighted by molar-refractivity contribution is 0.0728. The van der Waals surface area contributed by atoms with Crippen molar-refractivity contribution in [3.8, 4) is 17.5 Å². The van der Waals surface area contributed by atoms with Crippen LogP contribution in [0.3, 0.4) is 0 Å². The summed E-state index contributed by atoms with van der Waals surface area (Å²) in [5.74, 6) is 1.35. The number of nitrogens with zero attached hydrogens (tertiary/aromatic N) is 5. The maximum Gasteiger partial charge on any atom is 0.255 e. The number of benzene rings is 1. The minimum absolute atomic E-state index is 0.0377. The molecule has 1 amide bonds. The first kappa shape index (κ1) is 19.2. The summed E-state index contributed by atoms with van der Waals surface area (Å²) in [6.07, 6.45) is 7.84. The van der Waals surface area contributed by atoms with Crippen molar-refractivity contribution in [3.05, 3.63) is 71.7 Å². The van der Waals surface area contributed by atoms with E-state index in [-0.39, 0.29) is 24.0 Å². The van der Waals surface area contributed by atoms with E-state index in [1.165, 1.54) is 0 Å². The predicted octanol–water partition coefficient (Wildman–Crippen LogP) is 3.58. The fraction of sp³-hybridized carbons (Fsp3) is 0.292. The lowest BCUT2D eigenvalue weighted by Crippen LogP contribution is -2.40. The highest BCUT2D eigenvalue weighted by molar-refractivity contribution is 6.01.